The second-order valence-corrected chi connectivity index (χ2v) is 7.25. The molecule has 0 spiro atoms. The molecule has 9 nitrogen and oxygen atoms in total. The molecule has 10 heteroatoms. The van der Waals surface area contributed by atoms with Gasteiger partial charge in [-0.1, -0.05) is 6.92 Å². The Bertz CT molecular complexity index is 957. The van der Waals surface area contributed by atoms with Crippen molar-refractivity contribution in [3.05, 3.63) is 42.1 Å². The highest BCUT2D eigenvalue weighted by Crippen LogP contribution is 2.28. The van der Waals surface area contributed by atoms with Gasteiger partial charge in [-0.15, -0.1) is 0 Å². The van der Waals surface area contributed by atoms with Gasteiger partial charge in [0.05, 0.1) is 5.69 Å². The predicted octanol–water partition coefficient (Wildman–Crippen LogP) is 3.12. The van der Waals surface area contributed by atoms with E-state index in [0.29, 0.717) is 36.3 Å². The minimum atomic E-state index is -0.0165. The van der Waals surface area contributed by atoms with E-state index in [0.717, 1.165) is 22.1 Å². The molecule has 0 bridgehead atoms. The number of amides is 1. The largest absolute Gasteiger partial charge is 0.369 e. The molecule has 0 saturated carbocycles. The number of aromatic amines is 1. The third-order valence-electron chi connectivity index (χ3n) is 3.79. The van der Waals surface area contributed by atoms with Crippen LogP contribution in [0.3, 0.4) is 0 Å². The lowest BCUT2D eigenvalue weighted by atomic mass is 10.3. The molecule has 0 aliphatic carbocycles. The normalized spacial score (nSPS) is 10.6. The minimum Gasteiger partial charge on any atom is -0.369 e. The summed E-state index contributed by atoms with van der Waals surface area (Å²) in [5, 5.41) is 16.8. The van der Waals surface area contributed by atoms with Crippen LogP contribution in [0.15, 0.2) is 46.5 Å². The number of benzene rings is 1. The smallest absolute Gasteiger partial charge is 0.224 e. The zero-order chi connectivity index (χ0) is 20.6. The molecular formula is C19H24N8OS. The van der Waals surface area contributed by atoms with Gasteiger partial charge in [0, 0.05) is 42.2 Å². The maximum absolute atomic E-state index is 11.5. The van der Waals surface area contributed by atoms with Crippen molar-refractivity contribution >= 4 is 40.8 Å². The lowest BCUT2D eigenvalue weighted by molar-refractivity contribution is -0.115. The molecule has 3 rings (SSSR count). The zero-order valence-corrected chi connectivity index (χ0v) is 17.1. The van der Waals surface area contributed by atoms with E-state index in [1.807, 2.05) is 50.2 Å². The maximum Gasteiger partial charge on any atom is 0.224 e. The standard InChI is InChI=1S/C19H24N8OS/c1-3-18(28)22-13-4-6-14(7-5-13)29-19-24-15(21-9-8-20)11-16(25-19)23-17-10-12(2)26-27-17/h4-7,10-11H,3,8-9,20H2,1-2H3,(H,22,28)(H3,21,23,24,25,26,27). The molecule has 0 atom stereocenters. The molecule has 29 heavy (non-hydrogen) atoms. The number of aromatic nitrogens is 4. The van der Waals surface area contributed by atoms with E-state index in [4.69, 9.17) is 5.73 Å². The van der Waals surface area contributed by atoms with Gasteiger partial charge in [0.15, 0.2) is 5.16 Å². The van der Waals surface area contributed by atoms with E-state index in [2.05, 4.69) is 36.1 Å². The Kier molecular flexibility index (Phi) is 7.04. The molecule has 0 aliphatic heterocycles. The van der Waals surface area contributed by atoms with Crippen molar-refractivity contribution in [3.63, 3.8) is 0 Å². The van der Waals surface area contributed by atoms with Gasteiger partial charge in [0.1, 0.15) is 17.5 Å². The van der Waals surface area contributed by atoms with Crippen LogP contribution in [-0.4, -0.2) is 39.2 Å². The zero-order valence-electron chi connectivity index (χ0n) is 16.3. The number of hydrogen-bond donors (Lipinski definition) is 5. The molecule has 6 N–H and O–H groups in total. The summed E-state index contributed by atoms with van der Waals surface area (Å²) in [4.78, 5) is 21.6. The van der Waals surface area contributed by atoms with Crippen molar-refractivity contribution in [1.29, 1.82) is 0 Å². The summed E-state index contributed by atoms with van der Waals surface area (Å²) in [7, 11) is 0. The Morgan fingerprint density at radius 1 is 1.17 bits per heavy atom. The van der Waals surface area contributed by atoms with E-state index >= 15 is 0 Å². The molecule has 3 aromatic rings. The monoisotopic (exact) mass is 412 g/mol. The summed E-state index contributed by atoms with van der Waals surface area (Å²) in [6.45, 7) is 4.83. The Morgan fingerprint density at radius 2 is 1.93 bits per heavy atom. The Balaban J connectivity index is 1.77. The number of H-pyrrole nitrogens is 1. The van der Waals surface area contributed by atoms with Gasteiger partial charge < -0.3 is 21.7 Å². The van der Waals surface area contributed by atoms with Crippen LogP contribution in [0.25, 0.3) is 0 Å². The second-order valence-electron chi connectivity index (χ2n) is 6.21. The lowest BCUT2D eigenvalue weighted by Crippen LogP contribution is -2.14. The molecule has 0 aliphatic rings. The fourth-order valence-corrected chi connectivity index (χ4v) is 3.18. The number of rotatable bonds is 9. The van der Waals surface area contributed by atoms with Crippen molar-refractivity contribution in [1.82, 2.24) is 20.2 Å². The second kappa shape index (κ2) is 9.89. The quantitative estimate of drug-likeness (QED) is 0.339. The van der Waals surface area contributed by atoms with Crippen molar-refractivity contribution in [2.24, 2.45) is 5.73 Å². The summed E-state index contributed by atoms with van der Waals surface area (Å²) in [5.74, 6) is 2.05. The van der Waals surface area contributed by atoms with Crippen molar-refractivity contribution < 1.29 is 4.79 Å². The lowest BCUT2D eigenvalue weighted by Gasteiger charge is -2.10. The van der Waals surface area contributed by atoms with Crippen LogP contribution in [0.5, 0.6) is 0 Å². The van der Waals surface area contributed by atoms with Gasteiger partial charge in [-0.3, -0.25) is 9.89 Å². The Morgan fingerprint density at radius 3 is 2.59 bits per heavy atom. The predicted molar refractivity (Wildman–Crippen MR) is 116 cm³/mol. The highest BCUT2D eigenvalue weighted by Gasteiger charge is 2.09. The topological polar surface area (TPSA) is 134 Å². The summed E-state index contributed by atoms with van der Waals surface area (Å²) < 4.78 is 0. The molecule has 0 unspecified atom stereocenters. The molecule has 1 amide bonds. The Hall–Kier alpha value is -3.11. The molecule has 152 valence electrons. The van der Waals surface area contributed by atoms with Gasteiger partial charge in [-0.05, 0) is 43.0 Å². The van der Waals surface area contributed by atoms with Gasteiger partial charge in [0.2, 0.25) is 5.91 Å². The van der Waals surface area contributed by atoms with Crippen molar-refractivity contribution in [2.45, 2.75) is 30.3 Å². The molecule has 2 heterocycles. The van der Waals surface area contributed by atoms with Crippen LogP contribution < -0.4 is 21.7 Å². The van der Waals surface area contributed by atoms with E-state index in [1.54, 1.807) is 0 Å². The third kappa shape index (κ3) is 6.19. The number of nitrogens with one attached hydrogen (secondary N) is 4. The average molecular weight is 413 g/mol. The van der Waals surface area contributed by atoms with Crippen LogP contribution in [0, 0.1) is 6.92 Å². The average Bonchev–Trinajstić information content (AvgIpc) is 3.12. The number of nitrogens with two attached hydrogens (primary N) is 1. The highest BCUT2D eigenvalue weighted by molar-refractivity contribution is 7.99. The molecule has 0 saturated heterocycles. The molecule has 0 fully saturated rings. The van der Waals surface area contributed by atoms with Crippen molar-refractivity contribution in [2.75, 3.05) is 29.0 Å². The van der Waals surface area contributed by atoms with Gasteiger partial charge in [0.25, 0.3) is 0 Å². The maximum atomic E-state index is 11.5. The Labute approximate surface area is 173 Å². The summed E-state index contributed by atoms with van der Waals surface area (Å²) in [6, 6.07) is 11.3. The number of nitrogens with zero attached hydrogens (tertiary/aromatic N) is 3. The first-order valence-electron chi connectivity index (χ1n) is 9.25. The molecule has 2 aromatic heterocycles. The SMILES string of the molecule is CCC(=O)Nc1ccc(Sc2nc(NCCN)cc(Nc3cc(C)n[nH]3)n2)cc1. The molecular weight excluding hydrogens is 388 g/mol. The third-order valence-corrected chi connectivity index (χ3v) is 4.67. The summed E-state index contributed by atoms with van der Waals surface area (Å²) in [6.07, 6.45) is 0.443. The number of anilines is 4. The van der Waals surface area contributed by atoms with Gasteiger partial charge in [-0.25, -0.2) is 9.97 Å². The van der Waals surface area contributed by atoms with E-state index < -0.39 is 0 Å². The van der Waals surface area contributed by atoms with Crippen LogP contribution in [0.1, 0.15) is 19.0 Å². The first-order valence-corrected chi connectivity index (χ1v) is 10.1. The van der Waals surface area contributed by atoms with E-state index in [1.165, 1.54) is 11.8 Å². The molecule has 0 radical (unpaired) electrons. The van der Waals surface area contributed by atoms with Gasteiger partial charge >= 0.3 is 0 Å². The van der Waals surface area contributed by atoms with Crippen LogP contribution in [0.2, 0.25) is 0 Å². The highest BCUT2D eigenvalue weighted by atomic mass is 32.2. The first kappa shape index (κ1) is 20.6. The molecule has 1 aromatic carbocycles. The number of carbonyl (C=O) groups is 1. The first-order chi connectivity index (χ1) is 14.1. The summed E-state index contributed by atoms with van der Waals surface area (Å²) in [5.41, 5.74) is 7.23. The van der Waals surface area contributed by atoms with Gasteiger partial charge in [-0.2, -0.15) is 5.10 Å². The van der Waals surface area contributed by atoms with E-state index in [9.17, 15) is 4.79 Å². The number of aryl methyl sites for hydroxylation is 1. The summed E-state index contributed by atoms with van der Waals surface area (Å²) >= 11 is 1.43. The minimum absolute atomic E-state index is 0.0165. The fourth-order valence-electron chi connectivity index (χ4n) is 2.41. The fraction of sp³-hybridized carbons (Fsp3) is 0.263. The van der Waals surface area contributed by atoms with Crippen molar-refractivity contribution in [3.8, 4) is 0 Å². The van der Waals surface area contributed by atoms with Crippen LogP contribution >= 0.6 is 11.8 Å². The number of carbonyl (C=O) groups excluding carboxylic acids is 1. The van der Waals surface area contributed by atoms with Crippen LogP contribution in [0.4, 0.5) is 23.1 Å². The van der Waals surface area contributed by atoms with Crippen LogP contribution in [-0.2, 0) is 4.79 Å². The number of hydrogen-bond acceptors (Lipinski definition) is 8. The van der Waals surface area contributed by atoms with E-state index in [-0.39, 0.29) is 5.91 Å².